The molecule has 3 atom stereocenters. The van der Waals surface area contributed by atoms with Gasteiger partial charge in [-0.25, -0.2) is 0 Å². The normalized spacial score (nSPS) is 24.5. The minimum absolute atomic E-state index is 0.160. The van der Waals surface area contributed by atoms with Crippen LogP contribution in [0.3, 0.4) is 0 Å². The summed E-state index contributed by atoms with van der Waals surface area (Å²) in [5.74, 6) is 2.32. The maximum absolute atomic E-state index is 6.23. The Hall–Kier alpha value is -2.54. The van der Waals surface area contributed by atoms with Crippen molar-refractivity contribution in [3.63, 3.8) is 0 Å². The van der Waals surface area contributed by atoms with Crippen molar-refractivity contribution in [1.29, 1.82) is 0 Å². The molecule has 6 rings (SSSR count). The fourth-order valence-corrected chi connectivity index (χ4v) is 3.50. The van der Waals surface area contributed by atoms with Crippen molar-refractivity contribution < 1.29 is 28.4 Å². The maximum Gasteiger partial charge on any atom is 0.169 e. The molecule has 0 bridgehead atoms. The lowest BCUT2D eigenvalue weighted by molar-refractivity contribution is 0.230. The highest BCUT2D eigenvalue weighted by Crippen LogP contribution is 2.44. The molecule has 6 heteroatoms. The lowest BCUT2D eigenvalue weighted by Crippen LogP contribution is -2.09. The van der Waals surface area contributed by atoms with E-state index in [9.17, 15) is 0 Å². The standard InChI is InChI=1S/C23H22O6/c1-2-4-18-14(3-1)7-20-19(22(18)28-12-16-9-25-16)5-6-21(27-11-15-8-24-15)23(20)29-13-17-10-26-17/h1-7,15-17H,8-13H2. The van der Waals surface area contributed by atoms with Crippen LogP contribution in [0.2, 0.25) is 0 Å². The van der Waals surface area contributed by atoms with Crippen LogP contribution >= 0.6 is 0 Å². The van der Waals surface area contributed by atoms with E-state index in [4.69, 9.17) is 28.4 Å². The number of benzene rings is 3. The molecule has 0 aliphatic carbocycles. The van der Waals surface area contributed by atoms with Crippen LogP contribution in [0.15, 0.2) is 42.5 Å². The van der Waals surface area contributed by atoms with Gasteiger partial charge in [0.2, 0.25) is 0 Å². The average Bonchev–Trinajstić information content (AvgIpc) is 3.61. The van der Waals surface area contributed by atoms with Crippen molar-refractivity contribution in [2.75, 3.05) is 39.6 Å². The first-order chi connectivity index (χ1) is 14.3. The Morgan fingerprint density at radius 2 is 1.28 bits per heavy atom. The predicted octanol–water partition coefficient (Wildman–Crippen LogP) is 3.33. The van der Waals surface area contributed by atoms with Crippen LogP contribution in [0, 0.1) is 0 Å². The van der Waals surface area contributed by atoms with Crippen molar-refractivity contribution in [1.82, 2.24) is 0 Å². The highest BCUT2D eigenvalue weighted by molar-refractivity contribution is 6.08. The van der Waals surface area contributed by atoms with Gasteiger partial charge in [-0.3, -0.25) is 0 Å². The summed E-state index contributed by atoms with van der Waals surface area (Å²) in [6, 6.07) is 14.4. The zero-order valence-corrected chi connectivity index (χ0v) is 16.0. The van der Waals surface area contributed by atoms with Gasteiger partial charge in [-0.15, -0.1) is 0 Å². The maximum atomic E-state index is 6.23. The van der Waals surface area contributed by atoms with Gasteiger partial charge in [0.1, 0.15) is 43.9 Å². The molecule has 0 spiro atoms. The van der Waals surface area contributed by atoms with Crippen LogP contribution in [0.5, 0.6) is 17.2 Å². The van der Waals surface area contributed by atoms with Gasteiger partial charge in [-0.1, -0.05) is 24.3 Å². The van der Waals surface area contributed by atoms with Crippen molar-refractivity contribution in [2.24, 2.45) is 0 Å². The van der Waals surface area contributed by atoms with Crippen molar-refractivity contribution in [3.8, 4) is 17.2 Å². The molecule has 3 saturated heterocycles. The molecule has 3 aromatic carbocycles. The highest BCUT2D eigenvalue weighted by atomic mass is 16.6. The summed E-state index contributed by atoms with van der Waals surface area (Å²) in [7, 11) is 0. The number of hydrogen-bond acceptors (Lipinski definition) is 6. The first-order valence-electron chi connectivity index (χ1n) is 10.1. The number of ether oxygens (including phenoxy) is 6. The number of hydrogen-bond donors (Lipinski definition) is 0. The minimum atomic E-state index is 0.160. The first kappa shape index (κ1) is 17.3. The van der Waals surface area contributed by atoms with Crippen molar-refractivity contribution in [2.45, 2.75) is 18.3 Å². The first-order valence-corrected chi connectivity index (χ1v) is 10.1. The number of fused-ring (bicyclic) bond motifs is 2. The second kappa shape index (κ2) is 7.06. The quantitative estimate of drug-likeness (QED) is 0.410. The Morgan fingerprint density at radius 1 is 0.655 bits per heavy atom. The van der Waals surface area contributed by atoms with Gasteiger partial charge in [-0.05, 0) is 23.6 Å². The van der Waals surface area contributed by atoms with E-state index in [1.54, 1.807) is 0 Å². The largest absolute Gasteiger partial charge is 0.489 e. The van der Waals surface area contributed by atoms with Gasteiger partial charge in [0.25, 0.3) is 0 Å². The van der Waals surface area contributed by atoms with Crippen LogP contribution in [-0.4, -0.2) is 58.0 Å². The monoisotopic (exact) mass is 394 g/mol. The zero-order valence-electron chi connectivity index (χ0n) is 16.0. The van der Waals surface area contributed by atoms with Crippen LogP contribution in [0.4, 0.5) is 0 Å². The number of rotatable bonds is 9. The van der Waals surface area contributed by atoms with Gasteiger partial charge in [0.05, 0.1) is 19.8 Å². The molecule has 0 radical (unpaired) electrons. The summed E-state index contributed by atoms with van der Waals surface area (Å²) in [5, 5.41) is 4.16. The Balaban J connectivity index is 1.46. The molecule has 3 aromatic rings. The van der Waals surface area contributed by atoms with E-state index in [0.717, 1.165) is 58.6 Å². The van der Waals surface area contributed by atoms with E-state index in [2.05, 4.69) is 24.3 Å². The van der Waals surface area contributed by atoms with Gasteiger partial charge in [0.15, 0.2) is 11.5 Å². The topological polar surface area (TPSA) is 65.3 Å². The zero-order chi connectivity index (χ0) is 19.2. The SMILES string of the molecule is c1ccc2c(OCC3CO3)c3ccc(OCC4CO4)c(OCC4CO4)c3cc2c1. The van der Waals surface area contributed by atoms with E-state index in [1.165, 1.54) is 0 Å². The molecule has 6 nitrogen and oxygen atoms in total. The summed E-state index contributed by atoms with van der Waals surface area (Å²) >= 11 is 0. The molecule has 0 saturated carbocycles. The molecule has 3 aliphatic heterocycles. The van der Waals surface area contributed by atoms with Crippen LogP contribution in [-0.2, 0) is 14.2 Å². The van der Waals surface area contributed by atoms with Gasteiger partial charge in [0, 0.05) is 16.2 Å². The molecular weight excluding hydrogens is 372 g/mol. The van der Waals surface area contributed by atoms with E-state index >= 15 is 0 Å². The molecule has 3 unspecified atom stereocenters. The lowest BCUT2D eigenvalue weighted by atomic mass is 10.0. The molecule has 0 aromatic heterocycles. The summed E-state index contributed by atoms with van der Waals surface area (Å²) in [6.07, 6.45) is 0.528. The highest BCUT2D eigenvalue weighted by Gasteiger charge is 2.28. The van der Waals surface area contributed by atoms with Gasteiger partial charge < -0.3 is 28.4 Å². The lowest BCUT2D eigenvalue weighted by Gasteiger charge is -2.18. The predicted molar refractivity (Wildman–Crippen MR) is 107 cm³/mol. The Kier molecular flexibility index (Phi) is 4.22. The Morgan fingerprint density at radius 3 is 1.97 bits per heavy atom. The Bertz CT molecular complexity index is 1050. The molecule has 29 heavy (non-hydrogen) atoms. The minimum Gasteiger partial charge on any atom is -0.489 e. The van der Waals surface area contributed by atoms with Crippen LogP contribution in [0.25, 0.3) is 21.5 Å². The van der Waals surface area contributed by atoms with Crippen LogP contribution < -0.4 is 14.2 Å². The van der Waals surface area contributed by atoms with Gasteiger partial charge >= 0.3 is 0 Å². The third-order valence-corrected chi connectivity index (χ3v) is 5.37. The molecule has 3 heterocycles. The second-order valence-electron chi connectivity index (χ2n) is 7.71. The van der Waals surface area contributed by atoms with E-state index in [0.29, 0.717) is 19.8 Å². The third kappa shape index (κ3) is 3.71. The van der Waals surface area contributed by atoms with Crippen molar-refractivity contribution in [3.05, 3.63) is 42.5 Å². The van der Waals surface area contributed by atoms with E-state index in [1.807, 2.05) is 18.2 Å². The van der Waals surface area contributed by atoms with Gasteiger partial charge in [-0.2, -0.15) is 0 Å². The summed E-state index contributed by atoms with van der Waals surface area (Å²) in [4.78, 5) is 0. The van der Waals surface area contributed by atoms with Crippen molar-refractivity contribution >= 4 is 21.5 Å². The summed E-state index contributed by atoms with van der Waals surface area (Å²) in [6.45, 7) is 3.85. The molecule has 3 fully saturated rings. The van der Waals surface area contributed by atoms with E-state index < -0.39 is 0 Å². The Labute approximate surface area is 168 Å². The average molecular weight is 394 g/mol. The fraction of sp³-hybridized carbons (Fsp3) is 0.391. The molecule has 3 aliphatic rings. The summed E-state index contributed by atoms with van der Waals surface area (Å²) in [5.41, 5.74) is 0. The molecule has 0 N–H and O–H groups in total. The van der Waals surface area contributed by atoms with Crippen LogP contribution in [0.1, 0.15) is 0 Å². The molecule has 0 amide bonds. The molecule has 150 valence electrons. The fourth-order valence-electron chi connectivity index (χ4n) is 3.50. The second-order valence-corrected chi connectivity index (χ2v) is 7.71. The smallest absolute Gasteiger partial charge is 0.169 e. The van der Waals surface area contributed by atoms with E-state index in [-0.39, 0.29) is 18.3 Å². The molecular formula is C23H22O6. The summed E-state index contributed by atoms with van der Waals surface area (Å²) < 4.78 is 34.4. The number of epoxide rings is 3. The third-order valence-electron chi connectivity index (χ3n) is 5.37.